The van der Waals surface area contributed by atoms with Crippen LogP contribution in [0.25, 0.3) is 0 Å². The van der Waals surface area contributed by atoms with Gasteiger partial charge in [-0.15, -0.1) is 0 Å². The van der Waals surface area contributed by atoms with Gasteiger partial charge < -0.3 is 14.7 Å². The fraction of sp³-hybridized carbons (Fsp3) is 0.312. The normalized spacial score (nSPS) is 10.8. The first-order valence-corrected chi connectivity index (χ1v) is 7.75. The van der Waals surface area contributed by atoms with Crippen LogP contribution in [0.1, 0.15) is 22.3 Å². The molecule has 21 heavy (non-hydrogen) atoms. The first kappa shape index (κ1) is 15.5. The Kier molecular flexibility index (Phi) is 5.78. The third kappa shape index (κ3) is 5.21. The average molecular weight is 305 g/mol. The van der Waals surface area contributed by atoms with Gasteiger partial charge in [-0.1, -0.05) is 6.07 Å². The van der Waals surface area contributed by atoms with Gasteiger partial charge in [0.15, 0.2) is 0 Å². The van der Waals surface area contributed by atoms with Crippen LogP contribution in [-0.4, -0.2) is 36.2 Å². The minimum atomic E-state index is -0.934. The van der Waals surface area contributed by atoms with Crippen molar-refractivity contribution in [1.82, 2.24) is 4.90 Å². The number of rotatable bonds is 8. The maximum Gasteiger partial charge on any atom is 0.335 e. The van der Waals surface area contributed by atoms with Crippen LogP contribution in [0.2, 0.25) is 0 Å². The first-order chi connectivity index (χ1) is 10.1. The molecular formula is C16H19NO3S. The lowest BCUT2D eigenvalue weighted by Gasteiger charge is -2.16. The Labute approximate surface area is 128 Å². The molecule has 0 aliphatic carbocycles. The van der Waals surface area contributed by atoms with Crippen molar-refractivity contribution in [2.24, 2.45) is 0 Å². The molecule has 112 valence electrons. The predicted molar refractivity (Wildman–Crippen MR) is 84.2 cm³/mol. The Morgan fingerprint density at radius 2 is 2.24 bits per heavy atom. The second-order valence-electron chi connectivity index (χ2n) is 4.90. The molecule has 1 aromatic heterocycles. The highest BCUT2D eigenvalue weighted by molar-refractivity contribution is 7.07. The molecule has 0 fully saturated rings. The summed E-state index contributed by atoms with van der Waals surface area (Å²) in [4.78, 5) is 13.1. The summed E-state index contributed by atoms with van der Waals surface area (Å²) in [7, 11) is 2.09. The van der Waals surface area contributed by atoms with Gasteiger partial charge in [-0.25, -0.2) is 4.79 Å². The van der Waals surface area contributed by atoms with Gasteiger partial charge in [0.05, 0.1) is 12.2 Å². The second-order valence-corrected chi connectivity index (χ2v) is 5.68. The largest absolute Gasteiger partial charge is 0.494 e. The lowest BCUT2D eigenvalue weighted by molar-refractivity contribution is 0.0696. The fourth-order valence-corrected chi connectivity index (χ4v) is 2.68. The van der Waals surface area contributed by atoms with Gasteiger partial charge in [-0.05, 0) is 54.1 Å². The number of hydrogen-bond donors (Lipinski definition) is 1. The zero-order valence-corrected chi connectivity index (χ0v) is 12.8. The van der Waals surface area contributed by atoms with Gasteiger partial charge in [-0.2, -0.15) is 11.3 Å². The summed E-state index contributed by atoms with van der Waals surface area (Å²) < 4.78 is 5.59. The molecular weight excluding hydrogens is 286 g/mol. The predicted octanol–water partition coefficient (Wildman–Crippen LogP) is 3.35. The highest BCUT2D eigenvalue weighted by atomic mass is 32.1. The van der Waals surface area contributed by atoms with E-state index < -0.39 is 5.97 Å². The minimum Gasteiger partial charge on any atom is -0.494 e. The highest BCUT2D eigenvalue weighted by Crippen LogP contribution is 2.14. The van der Waals surface area contributed by atoms with Crippen molar-refractivity contribution in [2.75, 3.05) is 20.2 Å². The molecule has 0 unspecified atom stereocenters. The highest BCUT2D eigenvalue weighted by Gasteiger charge is 2.04. The van der Waals surface area contributed by atoms with Crippen LogP contribution in [0.3, 0.4) is 0 Å². The van der Waals surface area contributed by atoms with E-state index in [1.54, 1.807) is 35.6 Å². The molecule has 1 N–H and O–H groups in total. The Morgan fingerprint density at radius 1 is 1.38 bits per heavy atom. The van der Waals surface area contributed by atoms with Gasteiger partial charge in [0.2, 0.25) is 0 Å². The summed E-state index contributed by atoms with van der Waals surface area (Å²) in [5.74, 6) is -0.327. The lowest BCUT2D eigenvalue weighted by Crippen LogP contribution is -2.20. The molecule has 0 spiro atoms. The molecule has 2 aromatic rings. The van der Waals surface area contributed by atoms with Crippen LogP contribution in [0.4, 0.5) is 0 Å². The quantitative estimate of drug-likeness (QED) is 0.760. The topological polar surface area (TPSA) is 49.8 Å². The minimum absolute atomic E-state index is 0.252. The molecule has 4 nitrogen and oxygen atoms in total. The summed E-state index contributed by atoms with van der Waals surface area (Å²) in [5, 5.41) is 13.2. The number of carboxylic acid groups (broad SMARTS) is 1. The second kappa shape index (κ2) is 7.81. The standard InChI is InChI=1S/C16H19NO3S/c1-17(11-13-6-9-21-12-13)7-3-8-20-15-5-2-4-14(10-15)16(18)19/h2,4-6,9-10,12H,3,7-8,11H2,1H3,(H,18,19). The molecule has 0 bridgehead atoms. The first-order valence-electron chi connectivity index (χ1n) is 6.81. The van der Waals surface area contributed by atoms with Gasteiger partial charge in [0.1, 0.15) is 5.75 Å². The van der Waals surface area contributed by atoms with E-state index in [0.717, 1.165) is 19.5 Å². The molecule has 1 aromatic carbocycles. The van der Waals surface area contributed by atoms with E-state index >= 15 is 0 Å². The maximum atomic E-state index is 10.9. The molecule has 0 radical (unpaired) electrons. The van der Waals surface area contributed by atoms with E-state index in [4.69, 9.17) is 9.84 Å². The Balaban J connectivity index is 1.69. The van der Waals surface area contributed by atoms with Crippen molar-refractivity contribution in [3.63, 3.8) is 0 Å². The SMILES string of the molecule is CN(CCCOc1cccc(C(=O)O)c1)Cc1ccsc1. The number of hydrogen-bond acceptors (Lipinski definition) is 4. The molecule has 0 saturated carbocycles. The monoisotopic (exact) mass is 305 g/mol. The van der Waals surface area contributed by atoms with E-state index in [1.807, 2.05) is 0 Å². The van der Waals surface area contributed by atoms with E-state index in [0.29, 0.717) is 12.4 Å². The maximum absolute atomic E-state index is 10.9. The fourth-order valence-electron chi connectivity index (χ4n) is 2.02. The van der Waals surface area contributed by atoms with Crippen LogP contribution in [0.15, 0.2) is 41.1 Å². The number of carboxylic acids is 1. The molecule has 0 amide bonds. The van der Waals surface area contributed by atoms with Crippen LogP contribution in [0.5, 0.6) is 5.75 Å². The van der Waals surface area contributed by atoms with Crippen LogP contribution < -0.4 is 4.74 Å². The Morgan fingerprint density at radius 3 is 2.95 bits per heavy atom. The van der Waals surface area contributed by atoms with Crippen molar-refractivity contribution < 1.29 is 14.6 Å². The summed E-state index contributed by atoms with van der Waals surface area (Å²) >= 11 is 1.71. The smallest absolute Gasteiger partial charge is 0.335 e. The van der Waals surface area contributed by atoms with Crippen LogP contribution >= 0.6 is 11.3 Å². The summed E-state index contributed by atoms with van der Waals surface area (Å²) in [5.41, 5.74) is 1.58. The lowest BCUT2D eigenvalue weighted by atomic mass is 10.2. The number of carbonyl (C=O) groups is 1. The van der Waals surface area contributed by atoms with Crippen molar-refractivity contribution >= 4 is 17.3 Å². The van der Waals surface area contributed by atoms with E-state index in [9.17, 15) is 4.79 Å². The number of benzene rings is 1. The Bertz CT molecular complexity index is 569. The number of aromatic carboxylic acids is 1. The van der Waals surface area contributed by atoms with Crippen molar-refractivity contribution in [3.8, 4) is 5.75 Å². The number of ether oxygens (including phenoxy) is 1. The molecule has 0 aliphatic rings. The van der Waals surface area contributed by atoms with E-state index in [1.165, 1.54) is 5.56 Å². The molecule has 0 aliphatic heterocycles. The van der Waals surface area contributed by atoms with E-state index in [-0.39, 0.29) is 5.56 Å². The van der Waals surface area contributed by atoms with Crippen LogP contribution in [-0.2, 0) is 6.54 Å². The number of nitrogens with zero attached hydrogens (tertiary/aromatic N) is 1. The summed E-state index contributed by atoms with van der Waals surface area (Å²) in [6, 6.07) is 8.72. The van der Waals surface area contributed by atoms with Crippen molar-refractivity contribution in [1.29, 1.82) is 0 Å². The number of thiophene rings is 1. The average Bonchev–Trinajstić information content (AvgIpc) is 2.97. The Hall–Kier alpha value is -1.85. The van der Waals surface area contributed by atoms with Gasteiger partial charge in [-0.3, -0.25) is 0 Å². The third-order valence-electron chi connectivity index (χ3n) is 3.07. The molecule has 2 rings (SSSR count). The van der Waals surface area contributed by atoms with Crippen molar-refractivity contribution in [3.05, 3.63) is 52.2 Å². The zero-order valence-electron chi connectivity index (χ0n) is 12.0. The third-order valence-corrected chi connectivity index (χ3v) is 3.80. The van der Waals surface area contributed by atoms with E-state index in [2.05, 4.69) is 28.8 Å². The molecule has 1 heterocycles. The van der Waals surface area contributed by atoms with Gasteiger partial charge in [0, 0.05) is 13.1 Å². The summed E-state index contributed by atoms with van der Waals surface area (Å²) in [6.45, 7) is 2.46. The zero-order chi connectivity index (χ0) is 15.1. The van der Waals surface area contributed by atoms with Crippen LogP contribution in [0, 0.1) is 0 Å². The molecule has 5 heteroatoms. The van der Waals surface area contributed by atoms with Crippen molar-refractivity contribution in [2.45, 2.75) is 13.0 Å². The molecule has 0 saturated heterocycles. The van der Waals surface area contributed by atoms with Gasteiger partial charge in [0.25, 0.3) is 0 Å². The molecule has 0 atom stereocenters. The van der Waals surface area contributed by atoms with Gasteiger partial charge >= 0.3 is 5.97 Å². The summed E-state index contributed by atoms with van der Waals surface area (Å²) in [6.07, 6.45) is 0.901.